The van der Waals surface area contributed by atoms with Crippen molar-refractivity contribution in [1.29, 1.82) is 0 Å². The summed E-state index contributed by atoms with van der Waals surface area (Å²) >= 11 is 0. The second-order valence-corrected chi connectivity index (χ2v) is 5.60. The Hall–Kier alpha value is -3.02. The molecule has 0 N–H and O–H groups in total. The summed E-state index contributed by atoms with van der Waals surface area (Å²) < 4.78 is 21.1. The monoisotopic (exact) mass is 322 g/mol. The molecule has 0 saturated carbocycles. The highest BCUT2D eigenvalue weighted by Gasteiger charge is 2.15. The van der Waals surface area contributed by atoms with Crippen LogP contribution in [-0.2, 0) is 13.0 Å². The van der Waals surface area contributed by atoms with Gasteiger partial charge in [-0.3, -0.25) is 0 Å². The van der Waals surface area contributed by atoms with Crippen molar-refractivity contribution in [2.45, 2.75) is 19.9 Å². The van der Waals surface area contributed by atoms with Crippen molar-refractivity contribution in [3.63, 3.8) is 0 Å². The Morgan fingerprint density at radius 2 is 1.83 bits per heavy atom. The minimum absolute atomic E-state index is 0.225. The summed E-state index contributed by atoms with van der Waals surface area (Å²) in [6.45, 7) is 2.15. The number of rotatable bonds is 4. The van der Waals surface area contributed by atoms with Gasteiger partial charge in [-0.2, -0.15) is 4.98 Å². The lowest BCUT2D eigenvalue weighted by atomic mass is 10.2. The van der Waals surface area contributed by atoms with E-state index in [0.29, 0.717) is 30.2 Å². The van der Waals surface area contributed by atoms with Gasteiger partial charge in [-0.1, -0.05) is 35.5 Å². The van der Waals surface area contributed by atoms with Crippen LogP contribution in [0.25, 0.3) is 11.0 Å². The third kappa shape index (κ3) is 2.67. The summed E-state index contributed by atoms with van der Waals surface area (Å²) in [5, 5.41) is 3.93. The van der Waals surface area contributed by atoms with Gasteiger partial charge in [0.05, 0.1) is 24.0 Å². The number of para-hydroxylation sites is 2. The molecular formula is C18H15FN4O. The zero-order valence-corrected chi connectivity index (χ0v) is 13.1. The Labute approximate surface area is 137 Å². The van der Waals surface area contributed by atoms with E-state index in [4.69, 9.17) is 4.52 Å². The number of hydrogen-bond acceptors (Lipinski definition) is 4. The highest BCUT2D eigenvalue weighted by Crippen LogP contribution is 2.20. The molecule has 0 radical (unpaired) electrons. The van der Waals surface area contributed by atoms with Gasteiger partial charge >= 0.3 is 0 Å². The second kappa shape index (κ2) is 5.88. The Balaban J connectivity index is 1.79. The molecule has 0 amide bonds. The summed E-state index contributed by atoms with van der Waals surface area (Å²) in [5.41, 5.74) is 2.44. The first-order valence-corrected chi connectivity index (χ1v) is 7.67. The van der Waals surface area contributed by atoms with Crippen molar-refractivity contribution < 1.29 is 8.91 Å². The third-order valence-electron chi connectivity index (χ3n) is 3.91. The number of fused-ring (bicyclic) bond motifs is 1. The van der Waals surface area contributed by atoms with Gasteiger partial charge in [0.15, 0.2) is 5.82 Å². The number of imidazole rings is 1. The third-order valence-corrected chi connectivity index (χ3v) is 3.91. The minimum Gasteiger partial charge on any atom is -0.340 e. The molecule has 4 aromatic rings. The number of aromatic nitrogens is 4. The Bertz CT molecular complexity index is 1010. The fourth-order valence-corrected chi connectivity index (χ4v) is 2.79. The number of halogens is 1. The smallest absolute Gasteiger partial charge is 0.223 e. The van der Waals surface area contributed by atoms with Gasteiger partial charge in [0.2, 0.25) is 5.89 Å². The van der Waals surface area contributed by atoms with E-state index in [1.807, 2.05) is 34.9 Å². The summed E-state index contributed by atoms with van der Waals surface area (Å²) in [7, 11) is 0. The van der Waals surface area contributed by atoms with Crippen LogP contribution in [0.15, 0.2) is 53.1 Å². The molecule has 0 spiro atoms. The summed E-state index contributed by atoms with van der Waals surface area (Å²) in [5.74, 6) is 1.64. The van der Waals surface area contributed by atoms with Gasteiger partial charge in [0, 0.05) is 12.5 Å². The summed E-state index contributed by atoms with van der Waals surface area (Å²) in [6.07, 6.45) is 0.431. The number of hydrogen-bond donors (Lipinski definition) is 0. The molecule has 6 heteroatoms. The maximum absolute atomic E-state index is 14.1. The molecule has 5 nitrogen and oxygen atoms in total. The van der Waals surface area contributed by atoms with Crippen molar-refractivity contribution in [2.24, 2.45) is 0 Å². The minimum atomic E-state index is -0.225. The fourth-order valence-electron chi connectivity index (χ4n) is 2.79. The van der Waals surface area contributed by atoms with Gasteiger partial charge in [-0.15, -0.1) is 0 Å². The number of nitrogens with zero attached hydrogens (tertiary/aromatic N) is 4. The zero-order chi connectivity index (χ0) is 16.5. The first-order chi connectivity index (χ1) is 11.7. The zero-order valence-electron chi connectivity index (χ0n) is 13.1. The van der Waals surface area contributed by atoms with E-state index < -0.39 is 0 Å². The lowest BCUT2D eigenvalue weighted by Crippen LogP contribution is -2.08. The van der Waals surface area contributed by atoms with E-state index in [1.54, 1.807) is 19.1 Å². The standard InChI is InChI=1S/C18H15FN4O/c1-12-20-17(22-24-12)10-18-21-15-8-4-5-9-16(15)23(18)11-13-6-2-3-7-14(13)19/h2-9H,10-11H2,1H3. The van der Waals surface area contributed by atoms with Gasteiger partial charge in [0.1, 0.15) is 11.6 Å². The van der Waals surface area contributed by atoms with Crippen LogP contribution in [0, 0.1) is 12.7 Å². The summed E-state index contributed by atoms with van der Waals surface area (Å²) in [4.78, 5) is 8.90. The maximum atomic E-state index is 14.1. The van der Waals surface area contributed by atoms with E-state index in [2.05, 4.69) is 15.1 Å². The maximum Gasteiger partial charge on any atom is 0.223 e. The van der Waals surface area contributed by atoms with Gasteiger partial charge in [0.25, 0.3) is 0 Å². The van der Waals surface area contributed by atoms with Crippen molar-refractivity contribution in [3.8, 4) is 0 Å². The van der Waals surface area contributed by atoms with Gasteiger partial charge in [-0.25, -0.2) is 9.37 Å². The lowest BCUT2D eigenvalue weighted by Gasteiger charge is -2.09. The Kier molecular flexibility index (Phi) is 3.57. The van der Waals surface area contributed by atoms with Crippen molar-refractivity contribution in [1.82, 2.24) is 19.7 Å². The van der Waals surface area contributed by atoms with Crippen molar-refractivity contribution in [3.05, 3.63) is 77.5 Å². The first kappa shape index (κ1) is 14.6. The normalized spacial score (nSPS) is 11.2. The molecule has 4 rings (SSSR count). The SMILES string of the molecule is Cc1nc(Cc2nc3ccccc3n2Cc2ccccc2F)no1. The van der Waals surface area contributed by atoms with E-state index in [-0.39, 0.29) is 5.82 Å². The van der Waals surface area contributed by atoms with Crippen molar-refractivity contribution >= 4 is 11.0 Å². The van der Waals surface area contributed by atoms with Crippen LogP contribution in [0.1, 0.15) is 23.1 Å². The molecule has 0 aliphatic rings. The molecule has 0 aliphatic carbocycles. The van der Waals surface area contributed by atoms with Crippen LogP contribution in [0.4, 0.5) is 4.39 Å². The first-order valence-electron chi connectivity index (χ1n) is 7.67. The van der Waals surface area contributed by atoms with E-state index in [9.17, 15) is 4.39 Å². The lowest BCUT2D eigenvalue weighted by molar-refractivity contribution is 0.388. The largest absolute Gasteiger partial charge is 0.340 e. The molecule has 0 atom stereocenters. The predicted molar refractivity (Wildman–Crippen MR) is 87.1 cm³/mol. The van der Waals surface area contributed by atoms with E-state index in [1.165, 1.54) is 6.07 Å². The molecule has 0 unspecified atom stereocenters. The highest BCUT2D eigenvalue weighted by molar-refractivity contribution is 5.76. The molecule has 0 fully saturated rings. The van der Waals surface area contributed by atoms with Gasteiger partial charge < -0.3 is 9.09 Å². The average molecular weight is 322 g/mol. The molecule has 24 heavy (non-hydrogen) atoms. The van der Waals surface area contributed by atoms with Crippen molar-refractivity contribution in [2.75, 3.05) is 0 Å². The summed E-state index contributed by atoms with van der Waals surface area (Å²) in [6, 6.07) is 14.6. The molecule has 0 aliphatic heterocycles. The van der Waals surface area contributed by atoms with Crippen LogP contribution in [-0.4, -0.2) is 19.7 Å². The number of aryl methyl sites for hydroxylation is 1. The average Bonchev–Trinajstić information content (AvgIpc) is 3.14. The van der Waals surface area contributed by atoms with E-state index >= 15 is 0 Å². The van der Waals surface area contributed by atoms with Crippen LogP contribution in [0.3, 0.4) is 0 Å². The quantitative estimate of drug-likeness (QED) is 0.577. The Morgan fingerprint density at radius 1 is 1.04 bits per heavy atom. The second-order valence-electron chi connectivity index (χ2n) is 5.60. The number of benzene rings is 2. The van der Waals surface area contributed by atoms with E-state index in [0.717, 1.165) is 16.9 Å². The van der Waals surface area contributed by atoms with Crippen LogP contribution in [0.5, 0.6) is 0 Å². The predicted octanol–water partition coefficient (Wildman–Crippen LogP) is 3.51. The van der Waals surface area contributed by atoms with Crippen LogP contribution in [0.2, 0.25) is 0 Å². The molecule has 0 saturated heterocycles. The fraction of sp³-hybridized carbons (Fsp3) is 0.167. The molecule has 2 aromatic carbocycles. The molecule has 0 bridgehead atoms. The topological polar surface area (TPSA) is 56.7 Å². The highest BCUT2D eigenvalue weighted by atomic mass is 19.1. The Morgan fingerprint density at radius 3 is 2.62 bits per heavy atom. The molecule has 2 heterocycles. The van der Waals surface area contributed by atoms with Crippen LogP contribution < -0.4 is 0 Å². The van der Waals surface area contributed by atoms with Gasteiger partial charge in [-0.05, 0) is 18.2 Å². The molecule has 120 valence electrons. The molecular weight excluding hydrogens is 307 g/mol. The molecule has 2 aromatic heterocycles. The van der Waals surface area contributed by atoms with Crippen LogP contribution >= 0.6 is 0 Å².